The van der Waals surface area contributed by atoms with E-state index in [2.05, 4.69) is 20.6 Å². The number of hydrogen-bond donors (Lipinski definition) is 2. The van der Waals surface area contributed by atoms with Gasteiger partial charge >= 0.3 is 5.97 Å². The molecule has 1 atom stereocenters. The van der Waals surface area contributed by atoms with Crippen LogP contribution in [0.3, 0.4) is 0 Å². The van der Waals surface area contributed by atoms with Crippen LogP contribution in [0.2, 0.25) is 0 Å². The summed E-state index contributed by atoms with van der Waals surface area (Å²) in [7, 11) is 0. The topological polar surface area (TPSA) is 110 Å². The molecule has 2 amide bonds. The molecule has 166 valence electrons. The van der Waals surface area contributed by atoms with E-state index < -0.39 is 0 Å². The number of anilines is 2. The lowest BCUT2D eigenvalue weighted by atomic mass is 10.1. The molecule has 2 heterocycles. The van der Waals surface area contributed by atoms with Crippen LogP contribution in [0.1, 0.15) is 41.1 Å². The Hall–Kier alpha value is -3.11. The Kier molecular flexibility index (Phi) is 6.91. The SMILES string of the molecule is CCOC(=O)[C@@H]1CCc2sc(NC(=O)Cc3csc(NC(=O)Cc4ccccc4)n3)nc21. The van der Waals surface area contributed by atoms with Crippen LogP contribution in [0.25, 0.3) is 0 Å². The first kappa shape index (κ1) is 22.1. The van der Waals surface area contributed by atoms with Gasteiger partial charge in [0.05, 0.1) is 30.8 Å². The molecule has 10 heteroatoms. The number of ether oxygens (including phenoxy) is 1. The minimum absolute atomic E-state index is 0.0661. The number of esters is 1. The van der Waals surface area contributed by atoms with E-state index in [1.807, 2.05) is 30.3 Å². The van der Waals surface area contributed by atoms with E-state index in [1.165, 1.54) is 22.7 Å². The molecule has 3 aromatic rings. The number of nitrogens with one attached hydrogen (secondary N) is 2. The number of fused-ring (bicyclic) bond motifs is 1. The van der Waals surface area contributed by atoms with Gasteiger partial charge in [0, 0.05) is 10.3 Å². The van der Waals surface area contributed by atoms with Crippen molar-refractivity contribution in [1.82, 2.24) is 9.97 Å². The van der Waals surface area contributed by atoms with Crippen molar-refractivity contribution in [3.63, 3.8) is 0 Å². The molecular formula is C22H22N4O4S2. The number of carbonyl (C=O) groups excluding carboxylic acids is 3. The van der Waals surface area contributed by atoms with E-state index in [0.29, 0.717) is 34.7 Å². The molecule has 2 N–H and O–H groups in total. The maximum Gasteiger partial charge on any atom is 0.315 e. The molecule has 0 fully saturated rings. The van der Waals surface area contributed by atoms with Crippen LogP contribution in [0, 0.1) is 0 Å². The summed E-state index contributed by atoms with van der Waals surface area (Å²) in [6.07, 6.45) is 1.78. The zero-order valence-electron chi connectivity index (χ0n) is 17.4. The van der Waals surface area contributed by atoms with Crippen molar-refractivity contribution in [1.29, 1.82) is 0 Å². The molecule has 32 heavy (non-hydrogen) atoms. The smallest absolute Gasteiger partial charge is 0.315 e. The molecule has 0 aliphatic heterocycles. The number of amides is 2. The summed E-state index contributed by atoms with van der Waals surface area (Å²) in [5, 5.41) is 8.23. The van der Waals surface area contributed by atoms with Crippen molar-refractivity contribution >= 4 is 50.7 Å². The molecule has 0 saturated heterocycles. The van der Waals surface area contributed by atoms with Crippen molar-refractivity contribution in [2.75, 3.05) is 17.2 Å². The van der Waals surface area contributed by atoms with Crippen molar-refractivity contribution in [2.45, 2.75) is 38.5 Å². The lowest BCUT2D eigenvalue weighted by Crippen LogP contribution is -2.16. The number of benzene rings is 1. The summed E-state index contributed by atoms with van der Waals surface area (Å²) in [5.41, 5.74) is 2.19. The zero-order chi connectivity index (χ0) is 22.5. The van der Waals surface area contributed by atoms with Gasteiger partial charge in [-0.15, -0.1) is 22.7 Å². The van der Waals surface area contributed by atoms with Crippen LogP contribution >= 0.6 is 22.7 Å². The zero-order valence-corrected chi connectivity index (χ0v) is 19.1. The third-order valence-electron chi connectivity index (χ3n) is 4.88. The Morgan fingerprint density at radius 2 is 1.81 bits per heavy atom. The predicted molar refractivity (Wildman–Crippen MR) is 123 cm³/mol. The van der Waals surface area contributed by atoms with Crippen LogP contribution in [-0.2, 0) is 38.4 Å². The van der Waals surface area contributed by atoms with Gasteiger partial charge in [0.15, 0.2) is 10.3 Å². The van der Waals surface area contributed by atoms with Crippen molar-refractivity contribution in [3.05, 3.63) is 57.5 Å². The number of aryl methyl sites for hydroxylation is 1. The second-order valence-corrected chi connectivity index (χ2v) is 9.19. The fourth-order valence-electron chi connectivity index (χ4n) is 3.47. The molecule has 4 rings (SSSR count). The summed E-state index contributed by atoms with van der Waals surface area (Å²) in [6, 6.07) is 9.45. The second-order valence-electron chi connectivity index (χ2n) is 7.25. The first-order valence-corrected chi connectivity index (χ1v) is 12.0. The number of aromatic nitrogens is 2. The summed E-state index contributed by atoms with van der Waals surface area (Å²) in [6.45, 7) is 2.11. The van der Waals surface area contributed by atoms with Gasteiger partial charge in [-0.25, -0.2) is 9.97 Å². The van der Waals surface area contributed by atoms with Crippen LogP contribution in [0.5, 0.6) is 0 Å². The van der Waals surface area contributed by atoms with Gasteiger partial charge in [-0.1, -0.05) is 30.3 Å². The van der Waals surface area contributed by atoms with E-state index >= 15 is 0 Å². The average Bonchev–Trinajstić information content (AvgIpc) is 3.45. The standard InChI is InChI=1S/C22H22N4O4S2/c1-2-30-20(29)15-8-9-16-19(15)26-22(32-16)25-18(28)11-14-12-31-21(23-14)24-17(27)10-13-6-4-3-5-7-13/h3-7,12,15H,2,8-11H2,1H3,(H,23,24,27)(H,25,26,28)/t15-/m1/s1. The van der Waals surface area contributed by atoms with Gasteiger partial charge in [-0.3, -0.25) is 14.4 Å². The number of hydrogen-bond acceptors (Lipinski definition) is 8. The van der Waals surface area contributed by atoms with Crippen LogP contribution in [0.4, 0.5) is 10.3 Å². The number of rotatable bonds is 8. The third kappa shape index (κ3) is 5.38. The maximum absolute atomic E-state index is 12.4. The van der Waals surface area contributed by atoms with Crippen molar-refractivity contribution in [2.24, 2.45) is 0 Å². The van der Waals surface area contributed by atoms with E-state index in [1.54, 1.807) is 12.3 Å². The highest BCUT2D eigenvalue weighted by Crippen LogP contribution is 2.39. The van der Waals surface area contributed by atoms with Crippen LogP contribution in [0.15, 0.2) is 35.7 Å². The Morgan fingerprint density at radius 1 is 1.06 bits per heavy atom. The molecule has 1 aliphatic carbocycles. The lowest BCUT2D eigenvalue weighted by molar-refractivity contribution is -0.145. The van der Waals surface area contributed by atoms with Gasteiger partial charge in [0.1, 0.15) is 5.92 Å². The molecule has 1 aromatic carbocycles. The van der Waals surface area contributed by atoms with Crippen molar-refractivity contribution in [3.8, 4) is 0 Å². The van der Waals surface area contributed by atoms with Gasteiger partial charge < -0.3 is 15.4 Å². The van der Waals surface area contributed by atoms with Crippen LogP contribution < -0.4 is 10.6 Å². The maximum atomic E-state index is 12.4. The molecule has 1 aliphatic rings. The monoisotopic (exact) mass is 470 g/mol. The molecule has 0 unspecified atom stereocenters. The normalized spacial score (nSPS) is 14.6. The van der Waals surface area contributed by atoms with Gasteiger partial charge in [0.25, 0.3) is 0 Å². The molecule has 8 nitrogen and oxygen atoms in total. The number of nitrogens with zero attached hydrogens (tertiary/aromatic N) is 2. The summed E-state index contributed by atoms with van der Waals surface area (Å²) in [4.78, 5) is 46.5. The number of thiazole rings is 2. The molecule has 2 aromatic heterocycles. The van der Waals surface area contributed by atoms with E-state index in [0.717, 1.165) is 16.9 Å². The average molecular weight is 471 g/mol. The first-order valence-electron chi connectivity index (χ1n) is 10.3. The van der Waals surface area contributed by atoms with Crippen LogP contribution in [-0.4, -0.2) is 34.4 Å². The highest BCUT2D eigenvalue weighted by atomic mass is 32.1. The highest BCUT2D eigenvalue weighted by molar-refractivity contribution is 7.16. The first-order chi connectivity index (χ1) is 15.5. The fourth-order valence-corrected chi connectivity index (χ4v) is 5.25. The predicted octanol–water partition coefficient (Wildman–Crippen LogP) is 3.55. The summed E-state index contributed by atoms with van der Waals surface area (Å²) >= 11 is 2.67. The van der Waals surface area contributed by atoms with Gasteiger partial charge in [0.2, 0.25) is 11.8 Å². The Bertz CT molecular complexity index is 1130. The number of carbonyl (C=O) groups is 3. The molecule has 0 spiro atoms. The van der Waals surface area contributed by atoms with E-state index in [-0.39, 0.29) is 36.5 Å². The minimum atomic E-state index is -0.354. The van der Waals surface area contributed by atoms with E-state index in [9.17, 15) is 14.4 Å². The van der Waals surface area contributed by atoms with E-state index in [4.69, 9.17) is 4.74 Å². The Balaban J connectivity index is 1.30. The Morgan fingerprint density at radius 3 is 2.59 bits per heavy atom. The molecule has 0 radical (unpaired) electrons. The molecule has 0 bridgehead atoms. The Labute approximate surface area is 193 Å². The summed E-state index contributed by atoms with van der Waals surface area (Å²) < 4.78 is 5.12. The largest absolute Gasteiger partial charge is 0.465 e. The second kappa shape index (κ2) is 10.0. The summed E-state index contributed by atoms with van der Waals surface area (Å²) in [5.74, 6) is -1.03. The minimum Gasteiger partial charge on any atom is -0.465 e. The fraction of sp³-hybridized carbons (Fsp3) is 0.318. The van der Waals surface area contributed by atoms with Gasteiger partial charge in [-0.05, 0) is 25.3 Å². The lowest BCUT2D eigenvalue weighted by Gasteiger charge is -2.07. The third-order valence-corrected chi connectivity index (χ3v) is 6.74. The molecule has 0 saturated carbocycles. The van der Waals surface area contributed by atoms with Crippen molar-refractivity contribution < 1.29 is 19.1 Å². The molecular weight excluding hydrogens is 448 g/mol. The quantitative estimate of drug-likeness (QED) is 0.487. The van der Waals surface area contributed by atoms with Gasteiger partial charge in [-0.2, -0.15) is 0 Å². The highest BCUT2D eigenvalue weighted by Gasteiger charge is 2.33.